The van der Waals surface area contributed by atoms with Gasteiger partial charge in [0, 0.05) is 49.6 Å². The lowest BCUT2D eigenvalue weighted by atomic mass is 10.2. The molecule has 110 valence electrons. The normalized spacial score (nSPS) is 25.1. The van der Waals surface area contributed by atoms with Crippen LogP contribution in [0.2, 0.25) is 0 Å². The van der Waals surface area contributed by atoms with Gasteiger partial charge < -0.3 is 14.2 Å². The third kappa shape index (κ3) is 2.44. The Hall–Kier alpha value is -1.82. The number of anilines is 1. The van der Waals surface area contributed by atoms with Crippen molar-refractivity contribution in [1.82, 2.24) is 9.88 Å². The second-order valence-electron chi connectivity index (χ2n) is 5.59. The van der Waals surface area contributed by atoms with Crippen LogP contribution in [0.15, 0.2) is 34.4 Å². The van der Waals surface area contributed by atoms with Gasteiger partial charge in [-0.3, -0.25) is 4.79 Å². The van der Waals surface area contributed by atoms with Gasteiger partial charge in [-0.15, -0.1) is 11.3 Å². The molecule has 21 heavy (non-hydrogen) atoms. The minimum absolute atomic E-state index is 0.127. The molecule has 4 rings (SSSR count). The van der Waals surface area contributed by atoms with E-state index in [1.54, 1.807) is 17.6 Å². The van der Waals surface area contributed by atoms with Crippen molar-refractivity contribution in [3.63, 3.8) is 0 Å². The molecule has 0 bridgehead atoms. The van der Waals surface area contributed by atoms with Crippen LogP contribution in [0.25, 0.3) is 0 Å². The van der Waals surface area contributed by atoms with E-state index in [-0.39, 0.29) is 11.8 Å². The Kier molecular flexibility index (Phi) is 3.18. The number of nitrogens with zero attached hydrogens (tertiary/aromatic N) is 3. The number of rotatable bonds is 3. The van der Waals surface area contributed by atoms with E-state index in [2.05, 4.69) is 9.88 Å². The smallest absolute Gasteiger partial charge is 0.226 e. The summed E-state index contributed by atoms with van der Waals surface area (Å²) in [5.41, 5.74) is 0. The van der Waals surface area contributed by atoms with Crippen molar-refractivity contribution >= 4 is 22.4 Å². The number of carbonyl (C=O) groups excluding carboxylic acids is 1. The molecule has 0 radical (unpaired) electrons. The van der Waals surface area contributed by atoms with Gasteiger partial charge in [-0.25, -0.2) is 4.98 Å². The molecule has 3 heterocycles. The van der Waals surface area contributed by atoms with E-state index in [0.29, 0.717) is 5.92 Å². The van der Waals surface area contributed by atoms with Crippen LogP contribution in [0.1, 0.15) is 18.1 Å². The standard InChI is InChI=1S/C15H17N3O2S/c19-14(12-10-11(12)13-2-1-8-20-13)17-4-6-18(7-5-17)15-16-3-9-21-15/h1-3,8-9,11-12H,4-7,10H2. The predicted octanol–water partition coefficient (Wildman–Crippen LogP) is 2.19. The highest BCUT2D eigenvalue weighted by Gasteiger charge is 2.47. The Bertz CT molecular complexity index is 603. The summed E-state index contributed by atoms with van der Waals surface area (Å²) < 4.78 is 5.41. The number of carbonyl (C=O) groups is 1. The molecule has 2 aromatic rings. The number of thiazole rings is 1. The fourth-order valence-electron chi connectivity index (χ4n) is 3.01. The van der Waals surface area contributed by atoms with Crippen LogP contribution in [0.3, 0.4) is 0 Å². The van der Waals surface area contributed by atoms with Crippen LogP contribution >= 0.6 is 11.3 Å². The molecule has 1 aliphatic heterocycles. The Morgan fingerprint density at radius 3 is 2.86 bits per heavy atom. The molecule has 2 aromatic heterocycles. The number of hydrogen-bond acceptors (Lipinski definition) is 5. The quantitative estimate of drug-likeness (QED) is 0.872. The molecule has 1 amide bonds. The van der Waals surface area contributed by atoms with Crippen molar-refractivity contribution < 1.29 is 9.21 Å². The first kappa shape index (κ1) is 12.9. The van der Waals surface area contributed by atoms with Gasteiger partial charge in [0.05, 0.1) is 6.26 Å². The third-order valence-electron chi connectivity index (χ3n) is 4.30. The third-order valence-corrected chi connectivity index (χ3v) is 5.13. The molecule has 2 fully saturated rings. The van der Waals surface area contributed by atoms with E-state index >= 15 is 0 Å². The summed E-state index contributed by atoms with van der Waals surface area (Å²) in [4.78, 5) is 21.1. The van der Waals surface area contributed by atoms with Crippen LogP contribution in [-0.2, 0) is 4.79 Å². The van der Waals surface area contributed by atoms with E-state index in [0.717, 1.165) is 43.5 Å². The lowest BCUT2D eigenvalue weighted by Gasteiger charge is -2.34. The Balaban J connectivity index is 1.33. The van der Waals surface area contributed by atoms with Gasteiger partial charge in [0.25, 0.3) is 0 Å². The van der Waals surface area contributed by atoms with Crippen molar-refractivity contribution in [3.05, 3.63) is 35.7 Å². The lowest BCUT2D eigenvalue weighted by Crippen LogP contribution is -2.49. The van der Waals surface area contributed by atoms with Crippen LogP contribution in [-0.4, -0.2) is 42.0 Å². The van der Waals surface area contributed by atoms with Gasteiger partial charge >= 0.3 is 0 Å². The van der Waals surface area contributed by atoms with Crippen molar-refractivity contribution in [3.8, 4) is 0 Å². The first-order chi connectivity index (χ1) is 10.3. The molecule has 1 aliphatic carbocycles. The van der Waals surface area contributed by atoms with Gasteiger partial charge in [-0.05, 0) is 18.6 Å². The zero-order valence-corrected chi connectivity index (χ0v) is 12.5. The maximum absolute atomic E-state index is 12.5. The van der Waals surface area contributed by atoms with Crippen LogP contribution in [0, 0.1) is 5.92 Å². The highest BCUT2D eigenvalue weighted by molar-refractivity contribution is 7.13. The first-order valence-corrected chi connectivity index (χ1v) is 8.17. The molecule has 2 aliphatic rings. The fourth-order valence-corrected chi connectivity index (χ4v) is 3.71. The van der Waals surface area contributed by atoms with E-state index in [1.165, 1.54) is 0 Å². The molecule has 1 saturated carbocycles. The SMILES string of the molecule is O=C(C1CC1c1ccco1)N1CCN(c2nccs2)CC1. The molecule has 0 aromatic carbocycles. The number of furan rings is 1. The lowest BCUT2D eigenvalue weighted by molar-refractivity contribution is -0.133. The van der Waals surface area contributed by atoms with Crippen molar-refractivity contribution in [2.75, 3.05) is 31.1 Å². The number of amides is 1. The number of hydrogen-bond donors (Lipinski definition) is 0. The largest absolute Gasteiger partial charge is 0.469 e. The van der Waals surface area contributed by atoms with E-state index in [1.807, 2.05) is 28.6 Å². The molecule has 2 atom stereocenters. The summed E-state index contributed by atoms with van der Waals surface area (Å²) in [6.07, 6.45) is 4.44. The minimum atomic E-state index is 0.127. The first-order valence-electron chi connectivity index (χ1n) is 7.29. The summed E-state index contributed by atoms with van der Waals surface area (Å²) in [6.45, 7) is 3.33. The van der Waals surface area contributed by atoms with E-state index < -0.39 is 0 Å². The molecule has 5 nitrogen and oxygen atoms in total. The Morgan fingerprint density at radius 2 is 2.19 bits per heavy atom. The second-order valence-corrected chi connectivity index (χ2v) is 6.46. The average molecular weight is 303 g/mol. The summed E-state index contributed by atoms with van der Waals surface area (Å²) >= 11 is 1.66. The fraction of sp³-hybridized carbons (Fsp3) is 0.467. The maximum Gasteiger partial charge on any atom is 0.226 e. The highest BCUT2D eigenvalue weighted by Crippen LogP contribution is 2.48. The van der Waals surface area contributed by atoms with Crippen molar-refractivity contribution in [2.24, 2.45) is 5.92 Å². The van der Waals surface area contributed by atoms with Gasteiger partial charge in [0.2, 0.25) is 5.91 Å². The predicted molar refractivity (Wildman–Crippen MR) is 80.5 cm³/mol. The maximum atomic E-state index is 12.5. The van der Waals surface area contributed by atoms with Gasteiger partial charge in [0.15, 0.2) is 5.13 Å². The molecular formula is C15H17N3O2S. The number of aromatic nitrogens is 1. The van der Waals surface area contributed by atoms with Crippen molar-refractivity contribution in [2.45, 2.75) is 12.3 Å². The molecule has 0 spiro atoms. The summed E-state index contributed by atoms with van der Waals surface area (Å²) in [5, 5.41) is 3.05. The zero-order valence-electron chi connectivity index (χ0n) is 11.6. The Morgan fingerprint density at radius 1 is 1.33 bits per heavy atom. The van der Waals surface area contributed by atoms with Gasteiger partial charge in [-0.2, -0.15) is 0 Å². The monoisotopic (exact) mass is 303 g/mol. The molecule has 2 unspecified atom stereocenters. The van der Waals surface area contributed by atoms with Crippen molar-refractivity contribution in [1.29, 1.82) is 0 Å². The van der Waals surface area contributed by atoms with Gasteiger partial charge in [-0.1, -0.05) is 0 Å². The van der Waals surface area contributed by atoms with E-state index in [4.69, 9.17) is 4.42 Å². The van der Waals surface area contributed by atoms with E-state index in [9.17, 15) is 4.79 Å². The highest BCUT2D eigenvalue weighted by atomic mass is 32.1. The van der Waals surface area contributed by atoms with Crippen LogP contribution in [0.4, 0.5) is 5.13 Å². The number of piperazine rings is 1. The zero-order chi connectivity index (χ0) is 14.2. The van der Waals surface area contributed by atoms with Gasteiger partial charge in [0.1, 0.15) is 5.76 Å². The minimum Gasteiger partial charge on any atom is -0.469 e. The van der Waals surface area contributed by atoms with Crippen LogP contribution in [0.5, 0.6) is 0 Å². The molecular weight excluding hydrogens is 286 g/mol. The topological polar surface area (TPSA) is 49.6 Å². The second kappa shape index (κ2) is 5.18. The molecule has 0 N–H and O–H groups in total. The summed E-state index contributed by atoms with van der Waals surface area (Å²) in [5.74, 6) is 1.66. The molecule has 6 heteroatoms. The average Bonchev–Trinajstić information content (AvgIpc) is 2.98. The summed E-state index contributed by atoms with van der Waals surface area (Å²) in [7, 11) is 0. The molecule has 1 saturated heterocycles. The summed E-state index contributed by atoms with van der Waals surface area (Å²) in [6, 6.07) is 3.86. The Labute approximate surface area is 127 Å². The van der Waals surface area contributed by atoms with Crippen LogP contribution < -0.4 is 4.90 Å².